The number of aryl methyl sites for hydroxylation is 2. The molecule has 0 radical (unpaired) electrons. The molecule has 0 spiro atoms. The average Bonchev–Trinajstić information content (AvgIpc) is 2.89. The Labute approximate surface area is 112 Å². The summed E-state index contributed by atoms with van der Waals surface area (Å²) in [6.07, 6.45) is 6.12. The molecule has 18 heavy (non-hydrogen) atoms. The van der Waals surface area contributed by atoms with E-state index >= 15 is 0 Å². The van der Waals surface area contributed by atoms with E-state index in [9.17, 15) is 0 Å². The molecule has 3 heteroatoms. The van der Waals surface area contributed by atoms with Crippen molar-refractivity contribution in [2.75, 3.05) is 0 Å². The maximum atomic E-state index is 5.29. The van der Waals surface area contributed by atoms with Crippen LogP contribution in [0.2, 0.25) is 0 Å². The second-order valence-corrected chi connectivity index (χ2v) is 3.74. The number of rotatable bonds is 0. The second kappa shape index (κ2) is 12.2. The van der Waals surface area contributed by atoms with Gasteiger partial charge < -0.3 is 4.42 Å². The summed E-state index contributed by atoms with van der Waals surface area (Å²) >= 11 is 0. The van der Waals surface area contributed by atoms with Crippen molar-refractivity contribution < 1.29 is 4.42 Å². The third-order valence-corrected chi connectivity index (χ3v) is 1.72. The Morgan fingerprint density at radius 2 is 1.50 bits per heavy atom. The number of aromatic nitrogens is 2. The molecule has 0 saturated carbocycles. The zero-order valence-electron chi connectivity index (χ0n) is 13.4. The summed E-state index contributed by atoms with van der Waals surface area (Å²) in [6, 6.07) is 0. The molecule has 0 N–H and O–H groups in total. The molecule has 2 rings (SSSR count). The fraction of sp³-hybridized carbons (Fsp3) is 0.667. The molecule has 2 aromatic rings. The molecule has 0 bridgehead atoms. The van der Waals surface area contributed by atoms with Crippen LogP contribution >= 0.6 is 0 Å². The van der Waals surface area contributed by atoms with Gasteiger partial charge in [-0.25, -0.2) is 4.98 Å². The van der Waals surface area contributed by atoms with Crippen LogP contribution in [0.1, 0.15) is 65.8 Å². The van der Waals surface area contributed by atoms with Crippen LogP contribution in [0.5, 0.6) is 0 Å². The Bertz CT molecular complexity index is 386. The fourth-order valence-electron chi connectivity index (χ4n) is 1.00. The van der Waals surface area contributed by atoms with E-state index in [0.29, 0.717) is 5.84 Å². The quantitative estimate of drug-likeness (QED) is 0.630. The Balaban J connectivity index is 0. The van der Waals surface area contributed by atoms with Gasteiger partial charge in [0.05, 0.1) is 5.69 Å². The van der Waals surface area contributed by atoms with Gasteiger partial charge in [0.1, 0.15) is 5.76 Å². The first-order chi connectivity index (χ1) is 8.62. The smallest absolute Gasteiger partial charge is 0.306 e. The van der Waals surface area contributed by atoms with Crippen LogP contribution in [-0.2, 0) is 0 Å². The highest BCUT2D eigenvalue weighted by atomic mass is 16.4. The summed E-state index contributed by atoms with van der Waals surface area (Å²) < 4.78 is 7.22. The lowest BCUT2D eigenvalue weighted by Crippen LogP contribution is -1.80. The van der Waals surface area contributed by atoms with Crippen molar-refractivity contribution >= 4 is 5.84 Å². The predicted octanol–water partition coefficient (Wildman–Crippen LogP) is 5.40. The van der Waals surface area contributed by atoms with Crippen molar-refractivity contribution in [3.05, 3.63) is 23.8 Å². The molecule has 0 unspecified atom stereocenters. The van der Waals surface area contributed by atoms with Gasteiger partial charge in [0.25, 0.3) is 0 Å². The zero-order chi connectivity index (χ0) is 14.6. The molecule has 2 aromatic heterocycles. The van der Waals surface area contributed by atoms with Gasteiger partial charge in [-0.3, -0.25) is 4.40 Å². The lowest BCUT2D eigenvalue weighted by atomic mass is 10.4. The van der Waals surface area contributed by atoms with Gasteiger partial charge >= 0.3 is 5.84 Å². The van der Waals surface area contributed by atoms with Crippen LogP contribution in [0.15, 0.2) is 16.8 Å². The van der Waals surface area contributed by atoms with E-state index in [-0.39, 0.29) is 0 Å². The molecular formula is C15H30N2O. The van der Waals surface area contributed by atoms with Gasteiger partial charge in [-0.2, -0.15) is 0 Å². The summed E-state index contributed by atoms with van der Waals surface area (Å²) in [5.74, 6) is 1.61. The van der Waals surface area contributed by atoms with E-state index in [1.807, 2.05) is 38.3 Å². The van der Waals surface area contributed by atoms with Crippen LogP contribution < -0.4 is 0 Å². The molecule has 106 valence electrons. The highest BCUT2D eigenvalue weighted by molar-refractivity contribution is 5.29. The Morgan fingerprint density at radius 3 is 1.89 bits per heavy atom. The fourth-order valence-corrected chi connectivity index (χ4v) is 1.00. The summed E-state index contributed by atoms with van der Waals surface area (Å²) in [5, 5.41) is 0. The largest absolute Gasteiger partial charge is 0.428 e. The first-order valence-corrected chi connectivity index (χ1v) is 7.01. The van der Waals surface area contributed by atoms with Crippen molar-refractivity contribution in [1.82, 2.24) is 9.38 Å². The van der Waals surface area contributed by atoms with Crippen LogP contribution in [0.3, 0.4) is 0 Å². The maximum Gasteiger partial charge on any atom is 0.306 e. The van der Waals surface area contributed by atoms with Crippen LogP contribution in [0.4, 0.5) is 0 Å². The van der Waals surface area contributed by atoms with Gasteiger partial charge in [0.2, 0.25) is 0 Å². The number of hydrogen-bond donors (Lipinski definition) is 0. The molecule has 0 aliphatic carbocycles. The topological polar surface area (TPSA) is 30.4 Å². The van der Waals surface area contributed by atoms with Gasteiger partial charge in [-0.1, -0.05) is 54.4 Å². The van der Waals surface area contributed by atoms with Crippen molar-refractivity contribution in [1.29, 1.82) is 0 Å². The minimum atomic E-state index is 0.676. The lowest BCUT2D eigenvalue weighted by molar-refractivity contribution is 0.560. The highest BCUT2D eigenvalue weighted by Crippen LogP contribution is 2.12. The molecule has 0 amide bonds. The minimum absolute atomic E-state index is 0.676. The predicted molar refractivity (Wildman–Crippen MR) is 80.2 cm³/mol. The maximum absolute atomic E-state index is 5.29. The van der Waals surface area contributed by atoms with Crippen LogP contribution in [-0.4, -0.2) is 9.38 Å². The summed E-state index contributed by atoms with van der Waals surface area (Å²) in [4.78, 5) is 4.00. The zero-order valence-corrected chi connectivity index (χ0v) is 13.4. The van der Waals surface area contributed by atoms with E-state index in [1.54, 1.807) is 6.20 Å². The van der Waals surface area contributed by atoms with Gasteiger partial charge in [0, 0.05) is 12.4 Å². The number of fused-ring (bicyclic) bond motifs is 1. The minimum Gasteiger partial charge on any atom is -0.428 e. The first-order valence-electron chi connectivity index (χ1n) is 7.01. The molecule has 2 heterocycles. The molecular weight excluding hydrogens is 224 g/mol. The average molecular weight is 254 g/mol. The van der Waals surface area contributed by atoms with E-state index in [2.05, 4.69) is 32.7 Å². The number of oxazole rings is 1. The second-order valence-electron chi connectivity index (χ2n) is 3.74. The number of nitrogens with zero attached hydrogens (tertiary/aromatic N) is 2. The van der Waals surface area contributed by atoms with Crippen molar-refractivity contribution in [3.8, 4) is 0 Å². The highest BCUT2D eigenvalue weighted by Gasteiger charge is 2.04. The van der Waals surface area contributed by atoms with E-state index in [0.717, 1.165) is 11.5 Å². The molecule has 0 aliphatic heterocycles. The van der Waals surface area contributed by atoms with Crippen LogP contribution in [0, 0.1) is 13.8 Å². The molecule has 0 fully saturated rings. The van der Waals surface area contributed by atoms with Crippen molar-refractivity contribution in [3.63, 3.8) is 0 Å². The van der Waals surface area contributed by atoms with E-state index in [4.69, 9.17) is 4.42 Å². The monoisotopic (exact) mass is 254 g/mol. The van der Waals surface area contributed by atoms with Crippen LogP contribution in [0.25, 0.3) is 5.84 Å². The third kappa shape index (κ3) is 6.48. The van der Waals surface area contributed by atoms with Gasteiger partial charge in [-0.15, -0.1) is 0 Å². The Hall–Kier alpha value is -1.25. The van der Waals surface area contributed by atoms with Gasteiger partial charge in [0.15, 0.2) is 0 Å². The standard InChI is InChI=1S/C7H8N2O.2C3H8.C2H6/c1-5-6(2)10-7-8-3-4-9(5)7;2*1-3-2;1-2/h3-4H,1-2H3;2*3H2,1-2H3;1-2H3. The molecule has 3 nitrogen and oxygen atoms in total. The number of hydrogen-bond acceptors (Lipinski definition) is 2. The van der Waals surface area contributed by atoms with Gasteiger partial charge in [-0.05, 0) is 13.8 Å². The summed E-state index contributed by atoms with van der Waals surface area (Å²) in [5.41, 5.74) is 1.12. The third-order valence-electron chi connectivity index (χ3n) is 1.72. The lowest BCUT2D eigenvalue weighted by Gasteiger charge is -1.83. The Kier molecular flexibility index (Phi) is 13.0. The number of imidazole rings is 1. The normalized spacial score (nSPS) is 8.44. The van der Waals surface area contributed by atoms with E-state index < -0.39 is 0 Å². The SMILES string of the molecule is CC.CCC.CCC.Cc1oc2nccn2c1C. The summed E-state index contributed by atoms with van der Waals surface area (Å²) in [6.45, 7) is 16.4. The molecule has 0 atom stereocenters. The summed E-state index contributed by atoms with van der Waals surface area (Å²) in [7, 11) is 0. The Morgan fingerprint density at radius 1 is 1.06 bits per heavy atom. The van der Waals surface area contributed by atoms with E-state index in [1.165, 1.54) is 12.8 Å². The molecule has 0 aromatic carbocycles. The van der Waals surface area contributed by atoms with Crippen molar-refractivity contribution in [2.24, 2.45) is 0 Å². The van der Waals surface area contributed by atoms with Crippen molar-refractivity contribution in [2.45, 2.75) is 68.2 Å². The molecule has 0 saturated heterocycles. The molecule has 0 aliphatic rings. The first kappa shape index (κ1) is 19.1.